The molecule has 0 aromatic heterocycles. The Morgan fingerprint density at radius 2 is 0.821 bits per heavy atom. The second kappa shape index (κ2) is 7.36. The van der Waals surface area contributed by atoms with E-state index in [1.165, 1.54) is 0 Å². The molecule has 2 N–H and O–H groups in total. The molecule has 0 bridgehead atoms. The van der Waals surface area contributed by atoms with E-state index < -0.39 is 81.4 Å². The van der Waals surface area contributed by atoms with Gasteiger partial charge in [0.1, 0.15) is 11.3 Å². The molecule has 14 heteroatoms. The van der Waals surface area contributed by atoms with Crippen LogP contribution in [0.4, 0.5) is 54.4 Å². The van der Waals surface area contributed by atoms with Crippen molar-refractivity contribution in [2.45, 2.75) is 0 Å². The van der Waals surface area contributed by atoms with Gasteiger partial charge < -0.3 is 5.32 Å². The zero-order valence-electron chi connectivity index (χ0n) is 12.6. The van der Waals surface area contributed by atoms with Crippen LogP contribution in [-0.4, -0.2) is 11.9 Å². The summed E-state index contributed by atoms with van der Waals surface area (Å²) in [6.45, 7) is 0. The van der Waals surface area contributed by atoms with Gasteiger partial charge in [0.05, 0.1) is 0 Å². The molecule has 0 aliphatic heterocycles. The number of imide groups is 1. The van der Waals surface area contributed by atoms with E-state index in [0.29, 0.717) is 0 Å². The van der Waals surface area contributed by atoms with Crippen LogP contribution in [0, 0.1) is 58.2 Å². The van der Waals surface area contributed by atoms with Crippen molar-refractivity contribution in [2.24, 2.45) is 0 Å². The van der Waals surface area contributed by atoms with Crippen molar-refractivity contribution in [2.75, 3.05) is 5.32 Å². The van der Waals surface area contributed by atoms with E-state index >= 15 is 0 Å². The van der Waals surface area contributed by atoms with Crippen LogP contribution < -0.4 is 10.6 Å². The lowest BCUT2D eigenvalue weighted by Gasteiger charge is -2.11. The van der Waals surface area contributed by atoms with Crippen LogP contribution in [0.25, 0.3) is 0 Å². The smallest absolute Gasteiger partial charge is 0.302 e. The van der Waals surface area contributed by atoms with Crippen LogP contribution >= 0.6 is 0 Å². The number of nitrogens with one attached hydrogen (secondary N) is 2. The van der Waals surface area contributed by atoms with Gasteiger partial charge in [0.25, 0.3) is 5.91 Å². The highest BCUT2D eigenvalue weighted by Gasteiger charge is 2.31. The quantitative estimate of drug-likeness (QED) is 0.438. The van der Waals surface area contributed by atoms with E-state index in [-0.39, 0.29) is 0 Å². The molecule has 2 aromatic rings. The zero-order chi connectivity index (χ0) is 21.5. The molecule has 0 aliphatic carbocycles. The maximum Gasteiger partial charge on any atom is 0.326 e. The molecule has 0 heterocycles. The average Bonchev–Trinajstić information content (AvgIpc) is 2.65. The Kier molecular flexibility index (Phi) is 5.52. The fourth-order valence-corrected chi connectivity index (χ4v) is 1.83. The van der Waals surface area contributed by atoms with Crippen molar-refractivity contribution < 1.29 is 53.5 Å². The van der Waals surface area contributed by atoms with Gasteiger partial charge in [0, 0.05) is 0 Å². The number of carbonyl (C=O) groups is 2. The maximum atomic E-state index is 13.4. The molecule has 0 saturated heterocycles. The number of anilines is 1. The van der Waals surface area contributed by atoms with Gasteiger partial charge in [-0.1, -0.05) is 0 Å². The summed E-state index contributed by atoms with van der Waals surface area (Å²) in [5.74, 6) is -27.8. The van der Waals surface area contributed by atoms with Crippen LogP contribution in [0.3, 0.4) is 0 Å². The summed E-state index contributed by atoms with van der Waals surface area (Å²) >= 11 is 0. The van der Waals surface area contributed by atoms with E-state index in [1.807, 2.05) is 0 Å². The molecule has 0 atom stereocenters. The second-order valence-electron chi connectivity index (χ2n) is 4.80. The molecule has 2 rings (SSSR count). The second-order valence-corrected chi connectivity index (χ2v) is 4.80. The Bertz CT molecular complexity index is 966. The number of urea groups is 1. The van der Waals surface area contributed by atoms with E-state index in [0.717, 1.165) is 10.6 Å². The topological polar surface area (TPSA) is 58.2 Å². The highest BCUT2D eigenvalue weighted by atomic mass is 19.2. The Morgan fingerprint density at radius 3 is 1.21 bits per heavy atom. The first kappa shape index (κ1) is 21.0. The van der Waals surface area contributed by atoms with Crippen molar-refractivity contribution in [3.05, 3.63) is 63.7 Å². The van der Waals surface area contributed by atoms with Crippen molar-refractivity contribution >= 4 is 17.6 Å². The fourth-order valence-electron chi connectivity index (χ4n) is 1.83. The van der Waals surface area contributed by atoms with Crippen LogP contribution in [0.2, 0.25) is 0 Å². The third-order valence-electron chi connectivity index (χ3n) is 3.11. The largest absolute Gasteiger partial charge is 0.326 e. The van der Waals surface area contributed by atoms with E-state index in [1.54, 1.807) is 0 Å². The van der Waals surface area contributed by atoms with E-state index in [9.17, 15) is 53.5 Å². The summed E-state index contributed by atoms with van der Waals surface area (Å²) in [5.41, 5.74) is -4.08. The third kappa shape index (κ3) is 3.32. The van der Waals surface area contributed by atoms with Crippen molar-refractivity contribution in [3.63, 3.8) is 0 Å². The van der Waals surface area contributed by atoms with Crippen LogP contribution in [0.15, 0.2) is 0 Å². The minimum absolute atomic E-state index is 0.912. The van der Waals surface area contributed by atoms with E-state index in [2.05, 4.69) is 0 Å². The summed E-state index contributed by atoms with van der Waals surface area (Å²) < 4.78 is 131. The normalized spacial score (nSPS) is 10.8. The van der Waals surface area contributed by atoms with Crippen molar-refractivity contribution in [1.82, 2.24) is 5.32 Å². The first-order valence-electron chi connectivity index (χ1n) is 6.55. The fraction of sp³-hybridized carbons (Fsp3) is 0. The van der Waals surface area contributed by atoms with Gasteiger partial charge in [0.15, 0.2) is 46.5 Å². The minimum atomic E-state index is -2.62. The molecule has 4 nitrogen and oxygen atoms in total. The Labute approximate surface area is 146 Å². The molecule has 0 saturated carbocycles. The lowest BCUT2D eigenvalue weighted by Crippen LogP contribution is -2.36. The Balaban J connectivity index is 2.35. The number of benzene rings is 2. The van der Waals surface area contributed by atoms with Crippen LogP contribution in [0.5, 0.6) is 0 Å². The number of rotatable bonds is 2. The molecular weight excluding hydrogens is 418 g/mol. The third-order valence-corrected chi connectivity index (χ3v) is 3.11. The maximum absolute atomic E-state index is 13.4. The molecule has 0 fully saturated rings. The standard InChI is InChI=1S/C14H2F10N2O2/c15-2-1(3(16)5(18)6(19)4(2)17)13(27)26-14(28)25-12-10(23)8(21)7(20)9(22)11(12)24/h(H2,25,26,27,28). The molecule has 0 radical (unpaired) electrons. The number of hydrogen-bond acceptors (Lipinski definition) is 2. The first-order valence-corrected chi connectivity index (χ1v) is 6.55. The van der Waals surface area contributed by atoms with Crippen LogP contribution in [0.1, 0.15) is 10.4 Å². The van der Waals surface area contributed by atoms with Gasteiger partial charge in [-0.15, -0.1) is 0 Å². The first-order chi connectivity index (χ1) is 12.9. The number of halogens is 10. The van der Waals surface area contributed by atoms with Gasteiger partial charge >= 0.3 is 6.03 Å². The van der Waals surface area contributed by atoms with E-state index in [4.69, 9.17) is 0 Å². The van der Waals surface area contributed by atoms with Crippen LogP contribution in [-0.2, 0) is 0 Å². The Hall–Kier alpha value is -3.32. The predicted octanol–water partition coefficient (Wildman–Crippen LogP) is 4.04. The molecule has 28 heavy (non-hydrogen) atoms. The highest BCUT2D eigenvalue weighted by molar-refractivity contribution is 6.08. The summed E-state index contributed by atoms with van der Waals surface area (Å²) in [5, 5.41) is 1.91. The molecule has 150 valence electrons. The van der Waals surface area contributed by atoms with Gasteiger partial charge in [-0.2, -0.15) is 0 Å². The van der Waals surface area contributed by atoms with Gasteiger partial charge in [0.2, 0.25) is 11.6 Å². The summed E-state index contributed by atoms with van der Waals surface area (Å²) in [7, 11) is 0. The lowest BCUT2D eigenvalue weighted by molar-refractivity contribution is 0.0955. The predicted molar refractivity (Wildman–Crippen MR) is 68.9 cm³/mol. The molecule has 0 unspecified atom stereocenters. The Morgan fingerprint density at radius 1 is 0.500 bits per heavy atom. The monoisotopic (exact) mass is 420 g/mol. The van der Waals surface area contributed by atoms with Gasteiger partial charge in [-0.3, -0.25) is 10.1 Å². The molecular formula is C14H2F10N2O2. The van der Waals surface area contributed by atoms with Gasteiger partial charge in [-0.25, -0.2) is 48.7 Å². The number of hydrogen-bond donors (Lipinski definition) is 2. The average molecular weight is 420 g/mol. The summed E-state index contributed by atoms with van der Waals surface area (Å²) in [6, 6.07) is -2.11. The van der Waals surface area contributed by atoms with Gasteiger partial charge in [-0.05, 0) is 0 Å². The summed E-state index contributed by atoms with van der Waals surface area (Å²) in [6.07, 6.45) is 0. The lowest BCUT2D eigenvalue weighted by atomic mass is 10.1. The summed E-state index contributed by atoms with van der Waals surface area (Å²) in [4.78, 5) is 23.0. The molecule has 2 aromatic carbocycles. The number of carbonyl (C=O) groups excluding carboxylic acids is 2. The zero-order valence-corrected chi connectivity index (χ0v) is 12.6. The molecule has 3 amide bonds. The van der Waals surface area contributed by atoms with Crippen molar-refractivity contribution in [3.8, 4) is 0 Å². The molecule has 0 aliphatic rings. The minimum Gasteiger partial charge on any atom is -0.302 e. The van der Waals surface area contributed by atoms with Crippen molar-refractivity contribution in [1.29, 1.82) is 0 Å². The SMILES string of the molecule is O=C(NC(=O)c1c(F)c(F)c(F)c(F)c1F)Nc1c(F)c(F)c(F)c(F)c1F. The molecule has 0 spiro atoms. The highest BCUT2D eigenvalue weighted by Crippen LogP contribution is 2.27. The number of amides is 3.